The normalized spacial score (nSPS) is 21.6. The van der Waals surface area contributed by atoms with Gasteiger partial charge < -0.3 is 4.74 Å². The Morgan fingerprint density at radius 2 is 1.23 bits per heavy atom. The number of hydrogen-bond donors (Lipinski definition) is 0. The zero-order valence-corrected chi connectivity index (χ0v) is 28.2. The Morgan fingerprint density at radius 1 is 0.651 bits per heavy atom. The van der Waals surface area contributed by atoms with E-state index >= 15 is 0 Å². The Bertz CT molecular complexity index is 1000. The zero-order chi connectivity index (χ0) is 30.1. The van der Waals surface area contributed by atoms with Crippen molar-refractivity contribution in [3.8, 4) is 5.75 Å². The van der Waals surface area contributed by atoms with Crippen molar-refractivity contribution in [3.05, 3.63) is 65.2 Å². The van der Waals surface area contributed by atoms with Crippen LogP contribution in [0.3, 0.4) is 0 Å². The zero-order valence-electron chi connectivity index (χ0n) is 28.2. The second kappa shape index (κ2) is 19.5. The first-order chi connectivity index (χ1) is 21.1. The topological polar surface area (TPSA) is 15.2 Å². The molecule has 2 fully saturated rings. The minimum Gasteiger partial charge on any atom is -0.494 e. The number of rotatable bonds is 25. The molecule has 2 aliphatic heterocycles. The number of benzene rings is 2. The summed E-state index contributed by atoms with van der Waals surface area (Å²) >= 11 is 0. The lowest BCUT2D eigenvalue weighted by molar-refractivity contribution is 0.296. The SMILES string of the molecule is CCCCCCCC(CCCCCCCc1cccc(OCCCN2CC2C)c1)c1ccc(CCCCN2CC2C)cc1. The molecule has 5 atom stereocenters. The highest BCUT2D eigenvalue weighted by Crippen LogP contribution is 2.29. The van der Waals surface area contributed by atoms with Crippen LogP contribution in [0.2, 0.25) is 0 Å². The first kappa shape index (κ1) is 34.0. The molecule has 0 amide bonds. The molecule has 0 radical (unpaired) electrons. The van der Waals surface area contributed by atoms with E-state index in [9.17, 15) is 0 Å². The smallest absolute Gasteiger partial charge is 0.119 e. The van der Waals surface area contributed by atoms with Crippen molar-refractivity contribution in [3.63, 3.8) is 0 Å². The second-order valence-electron chi connectivity index (χ2n) is 13.9. The minimum absolute atomic E-state index is 0.743. The van der Waals surface area contributed by atoms with Crippen molar-refractivity contribution in [2.45, 2.75) is 148 Å². The summed E-state index contributed by atoms with van der Waals surface area (Å²) in [6.07, 6.45) is 22.6. The number of hydrogen-bond acceptors (Lipinski definition) is 3. The summed E-state index contributed by atoms with van der Waals surface area (Å²) in [5, 5.41) is 0. The summed E-state index contributed by atoms with van der Waals surface area (Å²) in [4.78, 5) is 5.09. The van der Waals surface area contributed by atoms with E-state index in [1.165, 1.54) is 140 Å². The molecule has 0 spiro atoms. The maximum Gasteiger partial charge on any atom is 0.119 e. The number of aryl methyl sites for hydroxylation is 2. The highest BCUT2D eigenvalue weighted by Gasteiger charge is 2.28. The van der Waals surface area contributed by atoms with Gasteiger partial charge in [0.25, 0.3) is 0 Å². The lowest BCUT2D eigenvalue weighted by atomic mass is 9.87. The van der Waals surface area contributed by atoms with E-state index in [0.717, 1.165) is 36.8 Å². The third-order valence-electron chi connectivity index (χ3n) is 10.0. The summed E-state index contributed by atoms with van der Waals surface area (Å²) in [7, 11) is 0. The molecule has 0 N–H and O–H groups in total. The van der Waals surface area contributed by atoms with E-state index < -0.39 is 0 Å². The van der Waals surface area contributed by atoms with Gasteiger partial charge in [-0.1, -0.05) is 101 Å². The number of unbranched alkanes of at least 4 members (excludes halogenated alkanes) is 9. The van der Waals surface area contributed by atoms with Crippen molar-refractivity contribution < 1.29 is 4.74 Å². The van der Waals surface area contributed by atoms with Gasteiger partial charge >= 0.3 is 0 Å². The summed E-state index contributed by atoms with van der Waals surface area (Å²) in [6, 6.07) is 20.3. The fraction of sp³-hybridized carbons (Fsp3) is 0.700. The monoisotopic (exact) mass is 589 g/mol. The van der Waals surface area contributed by atoms with Crippen LogP contribution in [-0.2, 0) is 12.8 Å². The van der Waals surface area contributed by atoms with Crippen LogP contribution in [0.15, 0.2) is 48.5 Å². The van der Waals surface area contributed by atoms with Crippen molar-refractivity contribution in [1.82, 2.24) is 9.80 Å². The van der Waals surface area contributed by atoms with Gasteiger partial charge in [0.05, 0.1) is 6.61 Å². The predicted octanol–water partition coefficient (Wildman–Crippen LogP) is 10.2. The second-order valence-corrected chi connectivity index (χ2v) is 13.9. The highest BCUT2D eigenvalue weighted by atomic mass is 16.5. The molecular weight excluding hydrogens is 524 g/mol. The summed E-state index contributed by atoms with van der Waals surface area (Å²) in [5.41, 5.74) is 4.56. The van der Waals surface area contributed by atoms with Crippen molar-refractivity contribution in [2.24, 2.45) is 0 Å². The first-order valence-corrected chi connectivity index (χ1v) is 18.4. The van der Waals surface area contributed by atoms with Crippen LogP contribution < -0.4 is 4.74 Å². The van der Waals surface area contributed by atoms with Crippen molar-refractivity contribution >= 4 is 0 Å². The van der Waals surface area contributed by atoms with Gasteiger partial charge in [-0.3, -0.25) is 9.80 Å². The van der Waals surface area contributed by atoms with Crippen LogP contribution in [0.5, 0.6) is 5.75 Å². The fourth-order valence-corrected chi connectivity index (χ4v) is 6.78. The van der Waals surface area contributed by atoms with E-state index in [2.05, 4.69) is 79.1 Å². The molecule has 0 aliphatic carbocycles. The molecule has 43 heavy (non-hydrogen) atoms. The van der Waals surface area contributed by atoms with Crippen LogP contribution in [0, 0.1) is 0 Å². The summed E-state index contributed by atoms with van der Waals surface area (Å²) in [5.74, 6) is 1.79. The van der Waals surface area contributed by atoms with E-state index in [0.29, 0.717) is 0 Å². The van der Waals surface area contributed by atoms with Crippen LogP contribution in [0.4, 0.5) is 0 Å². The average molecular weight is 589 g/mol. The molecule has 0 saturated carbocycles. The minimum atomic E-state index is 0.743. The highest BCUT2D eigenvalue weighted by molar-refractivity contribution is 5.28. The molecule has 240 valence electrons. The molecule has 2 aliphatic rings. The van der Waals surface area contributed by atoms with Crippen LogP contribution >= 0.6 is 0 Å². The van der Waals surface area contributed by atoms with Gasteiger partial charge in [-0.25, -0.2) is 0 Å². The third kappa shape index (κ3) is 13.8. The Labute approximate surface area is 265 Å². The molecule has 5 unspecified atom stereocenters. The Hall–Kier alpha value is -1.84. The molecule has 3 nitrogen and oxygen atoms in total. The van der Waals surface area contributed by atoms with E-state index in [1.807, 2.05) is 0 Å². The molecule has 2 aromatic carbocycles. The largest absolute Gasteiger partial charge is 0.494 e. The van der Waals surface area contributed by atoms with Crippen LogP contribution in [-0.4, -0.2) is 54.7 Å². The van der Waals surface area contributed by atoms with Gasteiger partial charge in [-0.15, -0.1) is 0 Å². The van der Waals surface area contributed by atoms with Gasteiger partial charge in [0, 0.05) is 31.7 Å². The molecule has 2 heterocycles. The van der Waals surface area contributed by atoms with E-state index in [1.54, 1.807) is 5.56 Å². The molecule has 3 heteroatoms. The van der Waals surface area contributed by atoms with Gasteiger partial charge in [0.15, 0.2) is 0 Å². The molecule has 0 aromatic heterocycles. The Morgan fingerprint density at radius 3 is 1.91 bits per heavy atom. The first-order valence-electron chi connectivity index (χ1n) is 18.4. The lowest BCUT2D eigenvalue weighted by Crippen LogP contribution is -2.07. The van der Waals surface area contributed by atoms with Gasteiger partial charge in [0.2, 0.25) is 0 Å². The Kier molecular flexibility index (Phi) is 15.5. The summed E-state index contributed by atoms with van der Waals surface area (Å²) in [6.45, 7) is 12.8. The van der Waals surface area contributed by atoms with E-state index in [-0.39, 0.29) is 0 Å². The fourth-order valence-electron chi connectivity index (χ4n) is 6.78. The van der Waals surface area contributed by atoms with Crippen molar-refractivity contribution in [1.29, 1.82) is 0 Å². The van der Waals surface area contributed by atoms with Gasteiger partial charge in [-0.2, -0.15) is 0 Å². The molecule has 4 rings (SSSR count). The quantitative estimate of drug-likeness (QED) is 0.0847. The average Bonchev–Trinajstić information content (AvgIpc) is 3.93. The van der Waals surface area contributed by atoms with Crippen LogP contribution in [0.25, 0.3) is 0 Å². The third-order valence-corrected chi connectivity index (χ3v) is 10.0. The number of nitrogens with zero attached hydrogens (tertiary/aromatic N) is 2. The molecular formula is C40H64N2O. The maximum absolute atomic E-state index is 6.04. The van der Waals surface area contributed by atoms with Crippen molar-refractivity contribution in [2.75, 3.05) is 32.8 Å². The van der Waals surface area contributed by atoms with E-state index in [4.69, 9.17) is 4.74 Å². The van der Waals surface area contributed by atoms with Crippen LogP contribution in [0.1, 0.15) is 140 Å². The predicted molar refractivity (Wildman–Crippen MR) is 186 cm³/mol. The number of ether oxygens (including phenoxy) is 1. The molecule has 2 saturated heterocycles. The molecule has 2 aromatic rings. The molecule has 0 bridgehead atoms. The van der Waals surface area contributed by atoms with Gasteiger partial charge in [-0.05, 0) is 106 Å². The summed E-state index contributed by atoms with van der Waals surface area (Å²) < 4.78 is 6.04. The lowest BCUT2D eigenvalue weighted by Gasteiger charge is -2.18. The standard InChI is InChI=1S/C40H64N2O/c1-4-5-6-8-12-21-38(39-26-24-36(25-27-39)18-14-15-28-41-32-34(41)2)22-13-10-7-9-11-19-37-20-16-23-40(31-37)43-30-17-29-42-33-35(42)3/h16,20,23-27,31,34-35,38H,4-15,17-19,21-22,28-30,32-33H2,1-3H3. The Balaban J connectivity index is 1.10. The maximum atomic E-state index is 6.04. The van der Waals surface area contributed by atoms with Gasteiger partial charge in [0.1, 0.15) is 5.75 Å².